The molecule has 0 saturated heterocycles. The normalized spacial score (nSPS) is 10.3. The average Bonchev–Trinajstić information content (AvgIpc) is 2.58. The fourth-order valence-corrected chi connectivity index (χ4v) is 1.17. The van der Waals surface area contributed by atoms with Gasteiger partial charge in [0, 0.05) is 19.2 Å². The molecular weight excluding hydrogens is 200 g/mol. The predicted molar refractivity (Wildman–Crippen MR) is 50.7 cm³/mol. The molecule has 1 aromatic carbocycles. The van der Waals surface area contributed by atoms with Gasteiger partial charge in [0.15, 0.2) is 17.4 Å². The van der Waals surface area contributed by atoms with E-state index in [1.807, 2.05) is 0 Å². The zero-order valence-electron chi connectivity index (χ0n) is 8.00. The fraction of sp³-hybridized carbons (Fsp3) is 0.0909. The minimum atomic E-state index is -0.599. The van der Waals surface area contributed by atoms with Gasteiger partial charge in [-0.2, -0.15) is 0 Å². The van der Waals surface area contributed by atoms with Crippen LogP contribution in [0.4, 0.5) is 8.78 Å². The number of ether oxygens (including phenoxy) is 1. The second kappa shape index (κ2) is 3.73. The topological polar surface area (TPSA) is 14.2 Å². The van der Waals surface area contributed by atoms with Crippen molar-refractivity contribution in [3.05, 3.63) is 48.2 Å². The van der Waals surface area contributed by atoms with Crippen molar-refractivity contribution in [3.63, 3.8) is 0 Å². The van der Waals surface area contributed by atoms with Crippen LogP contribution in [0.15, 0.2) is 30.3 Å². The summed E-state index contributed by atoms with van der Waals surface area (Å²) >= 11 is 0. The molecule has 0 fully saturated rings. The SMILES string of the molecule is Cn1[c]ccc1Oc1cc(F)ccc1F. The van der Waals surface area contributed by atoms with Crippen molar-refractivity contribution in [3.8, 4) is 11.6 Å². The molecule has 15 heavy (non-hydrogen) atoms. The Balaban J connectivity index is 2.32. The van der Waals surface area contributed by atoms with Gasteiger partial charge in [0.05, 0.1) is 6.20 Å². The van der Waals surface area contributed by atoms with E-state index in [-0.39, 0.29) is 5.75 Å². The van der Waals surface area contributed by atoms with Crippen LogP contribution in [0.5, 0.6) is 11.6 Å². The van der Waals surface area contributed by atoms with E-state index in [4.69, 9.17) is 4.74 Å². The monoisotopic (exact) mass is 208 g/mol. The lowest BCUT2D eigenvalue weighted by Crippen LogP contribution is -1.94. The van der Waals surface area contributed by atoms with Gasteiger partial charge >= 0.3 is 0 Å². The summed E-state index contributed by atoms with van der Waals surface area (Å²) in [7, 11) is 1.70. The predicted octanol–water partition coefficient (Wildman–Crippen LogP) is 2.90. The van der Waals surface area contributed by atoms with Gasteiger partial charge in [-0.3, -0.25) is 0 Å². The lowest BCUT2D eigenvalue weighted by Gasteiger charge is -2.06. The summed E-state index contributed by atoms with van der Waals surface area (Å²) in [4.78, 5) is 0. The zero-order valence-corrected chi connectivity index (χ0v) is 8.00. The van der Waals surface area contributed by atoms with Gasteiger partial charge < -0.3 is 9.30 Å². The molecule has 4 heteroatoms. The second-order valence-corrected chi connectivity index (χ2v) is 3.04. The van der Waals surface area contributed by atoms with Crippen LogP contribution in [0.1, 0.15) is 0 Å². The highest BCUT2D eigenvalue weighted by molar-refractivity contribution is 5.29. The van der Waals surface area contributed by atoms with Crippen LogP contribution in [-0.2, 0) is 7.05 Å². The molecular formula is C11H8F2NO. The molecule has 1 aromatic heterocycles. The molecule has 1 heterocycles. The second-order valence-electron chi connectivity index (χ2n) is 3.04. The molecule has 0 unspecified atom stereocenters. The quantitative estimate of drug-likeness (QED) is 0.740. The maximum atomic E-state index is 13.2. The number of hydrogen-bond donors (Lipinski definition) is 0. The Morgan fingerprint density at radius 1 is 1.27 bits per heavy atom. The first-order valence-corrected chi connectivity index (χ1v) is 4.33. The molecule has 0 aliphatic heterocycles. The van der Waals surface area contributed by atoms with Crippen LogP contribution in [0.2, 0.25) is 0 Å². The van der Waals surface area contributed by atoms with Crippen molar-refractivity contribution in [1.82, 2.24) is 4.57 Å². The lowest BCUT2D eigenvalue weighted by molar-refractivity contribution is 0.408. The minimum absolute atomic E-state index is 0.134. The molecule has 77 valence electrons. The lowest BCUT2D eigenvalue weighted by atomic mass is 10.3. The number of halogens is 2. The number of hydrogen-bond acceptors (Lipinski definition) is 1. The van der Waals surface area contributed by atoms with E-state index >= 15 is 0 Å². The molecule has 0 N–H and O–H groups in total. The molecule has 0 amide bonds. The van der Waals surface area contributed by atoms with Gasteiger partial charge in [0.2, 0.25) is 0 Å². The Labute approximate surface area is 85.7 Å². The molecule has 0 spiro atoms. The smallest absolute Gasteiger partial charge is 0.200 e. The molecule has 0 aliphatic rings. The molecule has 0 atom stereocenters. The zero-order chi connectivity index (χ0) is 10.8. The van der Waals surface area contributed by atoms with Crippen molar-refractivity contribution in [2.24, 2.45) is 7.05 Å². The third-order valence-electron chi connectivity index (χ3n) is 1.93. The Morgan fingerprint density at radius 3 is 2.73 bits per heavy atom. The molecule has 0 aliphatic carbocycles. The first-order chi connectivity index (χ1) is 7.16. The van der Waals surface area contributed by atoms with E-state index in [9.17, 15) is 8.78 Å². The highest BCUT2D eigenvalue weighted by Gasteiger charge is 2.07. The van der Waals surface area contributed by atoms with E-state index in [1.54, 1.807) is 23.7 Å². The number of benzene rings is 1. The van der Waals surface area contributed by atoms with Crippen molar-refractivity contribution in [2.75, 3.05) is 0 Å². The summed E-state index contributed by atoms with van der Waals surface area (Å²) in [6.07, 6.45) is 2.80. The highest BCUT2D eigenvalue weighted by Crippen LogP contribution is 2.24. The van der Waals surface area contributed by atoms with E-state index in [0.29, 0.717) is 5.88 Å². The van der Waals surface area contributed by atoms with E-state index in [2.05, 4.69) is 6.20 Å². The third kappa shape index (κ3) is 1.98. The Bertz CT molecular complexity index is 479. The van der Waals surface area contributed by atoms with E-state index in [0.717, 1.165) is 18.2 Å². The summed E-state index contributed by atoms with van der Waals surface area (Å²) < 4.78 is 32.7. The number of aromatic nitrogens is 1. The number of rotatable bonds is 2. The summed E-state index contributed by atoms with van der Waals surface area (Å²) in [6, 6.07) is 6.32. The van der Waals surface area contributed by atoms with Crippen molar-refractivity contribution in [2.45, 2.75) is 0 Å². The van der Waals surface area contributed by atoms with Crippen LogP contribution in [0, 0.1) is 17.8 Å². The fourth-order valence-electron chi connectivity index (χ4n) is 1.17. The van der Waals surface area contributed by atoms with Gasteiger partial charge in [0.1, 0.15) is 5.82 Å². The van der Waals surface area contributed by atoms with Gasteiger partial charge in [-0.15, -0.1) is 0 Å². The summed E-state index contributed by atoms with van der Waals surface area (Å²) in [5.74, 6) is -0.869. The largest absolute Gasteiger partial charge is 0.438 e. The van der Waals surface area contributed by atoms with Crippen molar-refractivity contribution >= 4 is 0 Å². The van der Waals surface area contributed by atoms with Crippen molar-refractivity contribution in [1.29, 1.82) is 0 Å². The van der Waals surface area contributed by atoms with Crippen LogP contribution in [0.25, 0.3) is 0 Å². The first kappa shape index (κ1) is 9.71. The van der Waals surface area contributed by atoms with Gasteiger partial charge in [-0.05, 0) is 18.2 Å². The summed E-state index contributed by atoms with van der Waals surface area (Å²) in [5, 5.41) is 0. The number of nitrogens with zero attached hydrogens (tertiary/aromatic N) is 1. The van der Waals surface area contributed by atoms with Crippen molar-refractivity contribution < 1.29 is 13.5 Å². The standard InChI is InChI=1S/C11H8F2NO/c1-14-6-2-3-11(14)15-10-7-8(12)4-5-9(10)13/h2-5,7H,1H3. The molecule has 2 aromatic rings. The highest BCUT2D eigenvalue weighted by atomic mass is 19.1. The Kier molecular flexibility index (Phi) is 2.41. The molecule has 2 nitrogen and oxygen atoms in total. The van der Waals surface area contributed by atoms with Crippen LogP contribution in [-0.4, -0.2) is 4.57 Å². The summed E-state index contributed by atoms with van der Waals surface area (Å²) in [5.41, 5.74) is 0. The maximum Gasteiger partial charge on any atom is 0.200 e. The van der Waals surface area contributed by atoms with E-state index in [1.165, 1.54) is 0 Å². The van der Waals surface area contributed by atoms with Crippen LogP contribution < -0.4 is 4.74 Å². The van der Waals surface area contributed by atoms with E-state index < -0.39 is 11.6 Å². The average molecular weight is 208 g/mol. The van der Waals surface area contributed by atoms with Gasteiger partial charge in [-0.25, -0.2) is 8.78 Å². The minimum Gasteiger partial charge on any atom is -0.438 e. The van der Waals surface area contributed by atoms with Crippen LogP contribution in [0.3, 0.4) is 0 Å². The van der Waals surface area contributed by atoms with Gasteiger partial charge in [0.25, 0.3) is 0 Å². The maximum absolute atomic E-state index is 13.2. The Hall–Kier alpha value is -1.84. The number of aryl methyl sites for hydroxylation is 1. The molecule has 2 rings (SSSR count). The molecule has 0 bridgehead atoms. The summed E-state index contributed by atoms with van der Waals surface area (Å²) in [6.45, 7) is 0. The molecule has 0 saturated carbocycles. The Morgan fingerprint density at radius 2 is 2.07 bits per heavy atom. The van der Waals surface area contributed by atoms with Gasteiger partial charge in [-0.1, -0.05) is 0 Å². The third-order valence-corrected chi connectivity index (χ3v) is 1.93. The van der Waals surface area contributed by atoms with Crippen LogP contribution >= 0.6 is 0 Å². The first-order valence-electron chi connectivity index (χ1n) is 4.33. The molecule has 1 radical (unpaired) electrons.